The maximum Gasteiger partial charge on any atom is 0.0528 e. The molecule has 1 aliphatic carbocycles. The van der Waals surface area contributed by atoms with Gasteiger partial charge in [0, 0.05) is 19.6 Å². The fraction of sp³-hybridized carbons (Fsp3) is 0.529. The van der Waals surface area contributed by atoms with Gasteiger partial charge in [-0.3, -0.25) is 0 Å². The van der Waals surface area contributed by atoms with Crippen LogP contribution in [0.5, 0.6) is 0 Å². The maximum atomic E-state index is 5.36. The first-order valence-electron chi connectivity index (χ1n) is 7.07. The van der Waals surface area contributed by atoms with Crippen molar-refractivity contribution in [3.8, 4) is 0 Å². The van der Waals surface area contributed by atoms with Crippen LogP contribution >= 0.6 is 0 Å². The number of methoxy groups -OCH3 is 1. The molecule has 0 saturated carbocycles. The summed E-state index contributed by atoms with van der Waals surface area (Å²) in [5.41, 5.74) is 6.05. The molecule has 0 aliphatic heterocycles. The first-order valence-corrected chi connectivity index (χ1v) is 7.07. The summed E-state index contributed by atoms with van der Waals surface area (Å²) in [7, 11) is 6.07. The summed E-state index contributed by atoms with van der Waals surface area (Å²) >= 11 is 0. The van der Waals surface area contributed by atoms with Crippen LogP contribution in [-0.4, -0.2) is 39.3 Å². The van der Waals surface area contributed by atoms with Crippen molar-refractivity contribution in [1.82, 2.24) is 4.90 Å². The molecule has 0 aromatic heterocycles. The van der Waals surface area contributed by atoms with Crippen LogP contribution in [0.15, 0.2) is 29.8 Å². The third kappa shape index (κ3) is 3.26. The SMILES string of the molecule is COCC(C)C1=C(CCN(C)C)Cc2ccccc21. The topological polar surface area (TPSA) is 12.5 Å². The summed E-state index contributed by atoms with van der Waals surface area (Å²) in [5.74, 6) is 0.478. The van der Waals surface area contributed by atoms with Crippen molar-refractivity contribution in [1.29, 1.82) is 0 Å². The molecule has 1 aromatic carbocycles. The van der Waals surface area contributed by atoms with Crippen LogP contribution in [0.3, 0.4) is 0 Å². The molecule has 0 radical (unpaired) electrons. The van der Waals surface area contributed by atoms with Gasteiger partial charge in [-0.2, -0.15) is 0 Å². The molecule has 104 valence electrons. The highest BCUT2D eigenvalue weighted by molar-refractivity contribution is 5.77. The van der Waals surface area contributed by atoms with Gasteiger partial charge in [-0.1, -0.05) is 36.8 Å². The maximum absolute atomic E-state index is 5.36. The van der Waals surface area contributed by atoms with Crippen LogP contribution in [0.4, 0.5) is 0 Å². The standard InChI is InChI=1S/C17H25NO/c1-13(12-19-4)17-15(9-10-18(2)3)11-14-7-5-6-8-16(14)17/h5-8,13H,9-12H2,1-4H3. The van der Waals surface area contributed by atoms with E-state index in [-0.39, 0.29) is 0 Å². The number of benzene rings is 1. The van der Waals surface area contributed by atoms with Crippen molar-refractivity contribution in [3.05, 3.63) is 41.0 Å². The molecule has 1 aliphatic rings. The van der Waals surface area contributed by atoms with E-state index < -0.39 is 0 Å². The monoisotopic (exact) mass is 259 g/mol. The Morgan fingerprint density at radius 2 is 2.00 bits per heavy atom. The minimum atomic E-state index is 0.478. The summed E-state index contributed by atoms with van der Waals surface area (Å²) in [6.07, 6.45) is 2.28. The summed E-state index contributed by atoms with van der Waals surface area (Å²) < 4.78 is 5.36. The van der Waals surface area contributed by atoms with Gasteiger partial charge >= 0.3 is 0 Å². The van der Waals surface area contributed by atoms with Gasteiger partial charge in [-0.15, -0.1) is 0 Å². The lowest BCUT2D eigenvalue weighted by atomic mass is 9.93. The van der Waals surface area contributed by atoms with E-state index in [2.05, 4.69) is 50.2 Å². The summed E-state index contributed by atoms with van der Waals surface area (Å²) in [6.45, 7) is 4.19. The second kappa shape index (κ2) is 6.36. The molecule has 1 aromatic rings. The number of nitrogens with zero attached hydrogens (tertiary/aromatic N) is 1. The van der Waals surface area contributed by atoms with Crippen molar-refractivity contribution in [2.45, 2.75) is 19.8 Å². The van der Waals surface area contributed by atoms with Crippen LogP contribution in [0.25, 0.3) is 5.57 Å². The average Bonchev–Trinajstić information content (AvgIpc) is 2.74. The molecule has 1 atom stereocenters. The smallest absolute Gasteiger partial charge is 0.0528 e. The van der Waals surface area contributed by atoms with Crippen molar-refractivity contribution >= 4 is 5.57 Å². The fourth-order valence-corrected chi connectivity index (χ4v) is 2.98. The third-order valence-electron chi connectivity index (χ3n) is 3.86. The van der Waals surface area contributed by atoms with Gasteiger partial charge < -0.3 is 9.64 Å². The molecule has 0 N–H and O–H groups in total. The molecule has 0 heterocycles. The molecular weight excluding hydrogens is 234 g/mol. The lowest BCUT2D eigenvalue weighted by Gasteiger charge is -2.17. The van der Waals surface area contributed by atoms with Crippen molar-refractivity contribution in [3.63, 3.8) is 0 Å². The van der Waals surface area contributed by atoms with Crippen LogP contribution in [-0.2, 0) is 11.2 Å². The number of hydrogen-bond acceptors (Lipinski definition) is 2. The highest BCUT2D eigenvalue weighted by Crippen LogP contribution is 2.39. The van der Waals surface area contributed by atoms with Gasteiger partial charge in [-0.05, 0) is 43.6 Å². The Morgan fingerprint density at radius 3 is 2.68 bits per heavy atom. The van der Waals surface area contributed by atoms with Crippen molar-refractivity contribution in [2.75, 3.05) is 34.4 Å². The highest BCUT2D eigenvalue weighted by Gasteiger charge is 2.24. The van der Waals surface area contributed by atoms with E-state index in [9.17, 15) is 0 Å². The Bertz CT molecular complexity index is 462. The number of hydrogen-bond donors (Lipinski definition) is 0. The van der Waals surface area contributed by atoms with Crippen LogP contribution in [0.1, 0.15) is 24.5 Å². The van der Waals surface area contributed by atoms with Gasteiger partial charge in [0.15, 0.2) is 0 Å². The largest absolute Gasteiger partial charge is 0.384 e. The lowest BCUT2D eigenvalue weighted by Crippen LogP contribution is -2.14. The van der Waals surface area contributed by atoms with Crippen LogP contribution in [0.2, 0.25) is 0 Å². The van der Waals surface area contributed by atoms with E-state index in [1.54, 1.807) is 12.7 Å². The van der Waals surface area contributed by atoms with Gasteiger partial charge in [0.1, 0.15) is 0 Å². The highest BCUT2D eigenvalue weighted by atomic mass is 16.5. The minimum absolute atomic E-state index is 0.478. The second-order valence-electron chi connectivity index (χ2n) is 5.76. The number of rotatable bonds is 6. The van der Waals surface area contributed by atoms with Gasteiger partial charge in [0.25, 0.3) is 0 Å². The fourth-order valence-electron chi connectivity index (χ4n) is 2.98. The normalized spacial score (nSPS) is 16.1. The van der Waals surface area contributed by atoms with E-state index in [0.717, 1.165) is 26.0 Å². The Kier molecular flexibility index (Phi) is 4.78. The summed E-state index contributed by atoms with van der Waals surface area (Å²) in [5, 5.41) is 0. The third-order valence-corrected chi connectivity index (χ3v) is 3.86. The van der Waals surface area contributed by atoms with Crippen LogP contribution < -0.4 is 0 Å². The quantitative estimate of drug-likeness (QED) is 0.777. The molecule has 0 fully saturated rings. The van der Waals surface area contributed by atoms with E-state index in [1.165, 1.54) is 16.7 Å². The van der Waals surface area contributed by atoms with Gasteiger partial charge in [-0.25, -0.2) is 0 Å². The minimum Gasteiger partial charge on any atom is -0.384 e. The van der Waals surface area contributed by atoms with Crippen molar-refractivity contribution < 1.29 is 4.74 Å². The summed E-state index contributed by atoms with van der Waals surface area (Å²) in [4.78, 5) is 2.26. The predicted molar refractivity (Wildman–Crippen MR) is 81.3 cm³/mol. The van der Waals surface area contributed by atoms with Gasteiger partial charge in [0.2, 0.25) is 0 Å². The average molecular weight is 259 g/mol. The molecule has 2 heteroatoms. The van der Waals surface area contributed by atoms with Crippen molar-refractivity contribution in [2.24, 2.45) is 5.92 Å². The molecular formula is C17H25NO. The Labute approximate surface area is 117 Å². The van der Waals surface area contributed by atoms with Gasteiger partial charge in [0.05, 0.1) is 6.61 Å². The molecule has 1 unspecified atom stereocenters. The van der Waals surface area contributed by atoms with E-state index in [4.69, 9.17) is 4.74 Å². The zero-order chi connectivity index (χ0) is 13.8. The number of ether oxygens (including phenoxy) is 1. The molecule has 19 heavy (non-hydrogen) atoms. The Morgan fingerprint density at radius 1 is 1.26 bits per heavy atom. The molecule has 0 amide bonds. The Hall–Kier alpha value is -1.12. The molecule has 0 spiro atoms. The first kappa shape index (κ1) is 14.3. The number of fused-ring (bicyclic) bond motifs is 1. The first-order chi connectivity index (χ1) is 9.13. The Balaban J connectivity index is 2.27. The van der Waals surface area contributed by atoms with Crippen LogP contribution in [0, 0.1) is 5.92 Å². The molecule has 2 nitrogen and oxygen atoms in total. The second-order valence-corrected chi connectivity index (χ2v) is 5.76. The summed E-state index contributed by atoms with van der Waals surface area (Å²) in [6, 6.07) is 8.82. The predicted octanol–water partition coefficient (Wildman–Crippen LogP) is 3.23. The molecule has 0 saturated heterocycles. The zero-order valence-electron chi connectivity index (χ0n) is 12.6. The van der Waals surface area contributed by atoms with E-state index in [1.807, 2.05) is 0 Å². The lowest BCUT2D eigenvalue weighted by molar-refractivity contribution is 0.179. The zero-order valence-corrected chi connectivity index (χ0v) is 12.6. The van der Waals surface area contributed by atoms with E-state index >= 15 is 0 Å². The molecule has 0 bridgehead atoms. The van der Waals surface area contributed by atoms with E-state index in [0.29, 0.717) is 5.92 Å². The molecule has 2 rings (SSSR count).